The van der Waals surface area contributed by atoms with Crippen LogP contribution in [-0.4, -0.2) is 17.3 Å². The number of rotatable bonds is 3. The van der Waals surface area contributed by atoms with Crippen LogP contribution in [0.4, 0.5) is 0 Å². The van der Waals surface area contributed by atoms with Gasteiger partial charge >= 0.3 is 0 Å². The van der Waals surface area contributed by atoms with Crippen molar-refractivity contribution in [2.45, 2.75) is 19.8 Å². The zero-order valence-electron chi connectivity index (χ0n) is 9.33. The normalized spacial score (nSPS) is 10.7. The number of hydrogen-bond acceptors (Lipinski definition) is 3. The van der Waals surface area contributed by atoms with Gasteiger partial charge in [-0.1, -0.05) is 13.3 Å². The standard InChI is InChI=1S/C12H13BrN2O/c1-3-4-10-12(13)9-6-5-8(16-2)7-11(9)15-14-10/h5-7H,3-4H2,1-2H3. The summed E-state index contributed by atoms with van der Waals surface area (Å²) in [6.45, 7) is 2.13. The quantitative estimate of drug-likeness (QED) is 0.865. The van der Waals surface area contributed by atoms with E-state index < -0.39 is 0 Å². The smallest absolute Gasteiger partial charge is 0.121 e. The molecule has 0 fully saturated rings. The zero-order valence-corrected chi connectivity index (χ0v) is 10.9. The first-order chi connectivity index (χ1) is 7.76. The molecule has 1 aromatic heterocycles. The third-order valence-electron chi connectivity index (χ3n) is 2.46. The molecule has 0 saturated carbocycles. The van der Waals surface area contributed by atoms with Crippen molar-refractivity contribution < 1.29 is 4.74 Å². The van der Waals surface area contributed by atoms with Gasteiger partial charge in [-0.05, 0) is 34.5 Å². The molecule has 0 aliphatic carbocycles. The second kappa shape index (κ2) is 4.78. The Morgan fingerprint density at radius 3 is 2.81 bits per heavy atom. The molecule has 2 rings (SSSR count). The number of methoxy groups -OCH3 is 1. The predicted octanol–water partition coefficient (Wildman–Crippen LogP) is 3.35. The van der Waals surface area contributed by atoms with E-state index in [-0.39, 0.29) is 0 Å². The molecule has 0 radical (unpaired) electrons. The molecule has 0 aliphatic rings. The summed E-state index contributed by atoms with van der Waals surface area (Å²) in [6, 6.07) is 5.83. The van der Waals surface area contributed by atoms with E-state index >= 15 is 0 Å². The van der Waals surface area contributed by atoms with Crippen molar-refractivity contribution in [2.75, 3.05) is 7.11 Å². The highest BCUT2D eigenvalue weighted by molar-refractivity contribution is 9.10. The molecule has 0 amide bonds. The van der Waals surface area contributed by atoms with Gasteiger partial charge in [0.25, 0.3) is 0 Å². The van der Waals surface area contributed by atoms with Gasteiger partial charge in [-0.15, -0.1) is 0 Å². The molecular formula is C12H13BrN2O. The minimum Gasteiger partial charge on any atom is -0.497 e. The Morgan fingerprint density at radius 1 is 1.31 bits per heavy atom. The summed E-state index contributed by atoms with van der Waals surface area (Å²) in [6.07, 6.45) is 2.00. The highest BCUT2D eigenvalue weighted by Gasteiger charge is 2.08. The Morgan fingerprint density at radius 2 is 2.12 bits per heavy atom. The van der Waals surface area contributed by atoms with Crippen molar-refractivity contribution in [3.63, 3.8) is 0 Å². The van der Waals surface area contributed by atoms with E-state index in [1.807, 2.05) is 18.2 Å². The third-order valence-corrected chi connectivity index (χ3v) is 3.34. The molecule has 0 atom stereocenters. The van der Waals surface area contributed by atoms with E-state index in [1.54, 1.807) is 7.11 Å². The van der Waals surface area contributed by atoms with Crippen LogP contribution >= 0.6 is 15.9 Å². The van der Waals surface area contributed by atoms with Gasteiger partial charge in [0.2, 0.25) is 0 Å². The average molecular weight is 281 g/mol. The molecule has 1 heterocycles. The van der Waals surface area contributed by atoms with Gasteiger partial charge in [0.15, 0.2) is 0 Å². The number of nitrogens with zero attached hydrogens (tertiary/aromatic N) is 2. The van der Waals surface area contributed by atoms with Crippen molar-refractivity contribution in [1.82, 2.24) is 10.2 Å². The van der Waals surface area contributed by atoms with E-state index in [0.717, 1.165) is 39.7 Å². The van der Waals surface area contributed by atoms with Crippen LogP contribution in [-0.2, 0) is 6.42 Å². The van der Waals surface area contributed by atoms with Crippen molar-refractivity contribution in [2.24, 2.45) is 0 Å². The van der Waals surface area contributed by atoms with Crippen LogP contribution in [0.25, 0.3) is 10.9 Å². The zero-order chi connectivity index (χ0) is 11.5. The number of aromatic nitrogens is 2. The molecule has 2 aromatic rings. The van der Waals surface area contributed by atoms with E-state index in [9.17, 15) is 0 Å². The summed E-state index contributed by atoms with van der Waals surface area (Å²) < 4.78 is 6.20. The Hall–Kier alpha value is -1.16. The average Bonchev–Trinajstić information content (AvgIpc) is 2.32. The van der Waals surface area contributed by atoms with Gasteiger partial charge in [-0.2, -0.15) is 10.2 Å². The summed E-state index contributed by atoms with van der Waals surface area (Å²) in [5.41, 5.74) is 1.87. The summed E-state index contributed by atoms with van der Waals surface area (Å²) in [7, 11) is 1.65. The summed E-state index contributed by atoms with van der Waals surface area (Å²) in [4.78, 5) is 0. The SMILES string of the molecule is CCCc1nnc2cc(OC)ccc2c1Br. The first-order valence-electron chi connectivity index (χ1n) is 5.25. The lowest BCUT2D eigenvalue weighted by molar-refractivity contribution is 0.415. The van der Waals surface area contributed by atoms with Crippen molar-refractivity contribution in [1.29, 1.82) is 0 Å². The fraction of sp³-hybridized carbons (Fsp3) is 0.333. The number of ether oxygens (including phenoxy) is 1. The Balaban J connectivity index is 2.57. The van der Waals surface area contributed by atoms with E-state index in [4.69, 9.17) is 4.74 Å². The molecule has 0 bridgehead atoms. The number of hydrogen-bond donors (Lipinski definition) is 0. The molecule has 0 N–H and O–H groups in total. The molecule has 4 heteroatoms. The summed E-state index contributed by atoms with van der Waals surface area (Å²) in [5, 5.41) is 9.51. The van der Waals surface area contributed by atoms with Crippen molar-refractivity contribution >= 4 is 26.8 Å². The molecule has 0 unspecified atom stereocenters. The van der Waals surface area contributed by atoms with Crippen LogP contribution in [0, 0.1) is 0 Å². The lowest BCUT2D eigenvalue weighted by Gasteiger charge is -2.06. The van der Waals surface area contributed by atoms with E-state index in [2.05, 4.69) is 33.1 Å². The Bertz CT molecular complexity index is 514. The molecule has 0 spiro atoms. The molecule has 0 aliphatic heterocycles. The fourth-order valence-electron chi connectivity index (χ4n) is 1.62. The van der Waals surface area contributed by atoms with Crippen LogP contribution in [0.1, 0.15) is 19.0 Å². The Kier molecular flexibility index (Phi) is 3.39. The highest BCUT2D eigenvalue weighted by atomic mass is 79.9. The van der Waals surface area contributed by atoms with Gasteiger partial charge in [0, 0.05) is 11.5 Å². The van der Waals surface area contributed by atoms with Crippen molar-refractivity contribution in [3.8, 4) is 5.75 Å². The maximum Gasteiger partial charge on any atom is 0.121 e. The van der Waals surface area contributed by atoms with Gasteiger partial charge in [0.05, 0.1) is 22.8 Å². The van der Waals surface area contributed by atoms with Gasteiger partial charge in [-0.3, -0.25) is 0 Å². The van der Waals surface area contributed by atoms with Crippen LogP contribution in [0.5, 0.6) is 5.75 Å². The largest absolute Gasteiger partial charge is 0.497 e. The molecule has 84 valence electrons. The Labute approximate surface area is 103 Å². The molecule has 3 nitrogen and oxygen atoms in total. The fourth-order valence-corrected chi connectivity index (χ4v) is 2.23. The van der Waals surface area contributed by atoms with Crippen molar-refractivity contribution in [3.05, 3.63) is 28.4 Å². The number of benzene rings is 1. The minimum absolute atomic E-state index is 0.803. The molecule has 0 saturated heterocycles. The first kappa shape index (κ1) is 11.3. The lowest BCUT2D eigenvalue weighted by Crippen LogP contribution is -1.96. The first-order valence-corrected chi connectivity index (χ1v) is 6.04. The van der Waals surface area contributed by atoms with E-state index in [0.29, 0.717) is 0 Å². The predicted molar refractivity (Wildman–Crippen MR) is 67.8 cm³/mol. The lowest BCUT2D eigenvalue weighted by atomic mass is 10.1. The number of fused-ring (bicyclic) bond motifs is 1. The molecule has 16 heavy (non-hydrogen) atoms. The molecule has 1 aromatic carbocycles. The maximum absolute atomic E-state index is 5.16. The number of halogens is 1. The maximum atomic E-state index is 5.16. The summed E-state index contributed by atoms with van der Waals surface area (Å²) in [5.74, 6) is 0.803. The number of aryl methyl sites for hydroxylation is 1. The van der Waals surface area contributed by atoms with Gasteiger partial charge in [0.1, 0.15) is 5.75 Å². The molecular weight excluding hydrogens is 268 g/mol. The monoisotopic (exact) mass is 280 g/mol. The van der Waals surface area contributed by atoms with Crippen LogP contribution in [0.15, 0.2) is 22.7 Å². The topological polar surface area (TPSA) is 35.0 Å². The summed E-state index contributed by atoms with van der Waals surface area (Å²) >= 11 is 3.59. The van der Waals surface area contributed by atoms with E-state index in [1.165, 1.54) is 0 Å². The van der Waals surface area contributed by atoms with Gasteiger partial charge < -0.3 is 4.74 Å². The van der Waals surface area contributed by atoms with Crippen LogP contribution in [0.3, 0.4) is 0 Å². The van der Waals surface area contributed by atoms with Gasteiger partial charge in [-0.25, -0.2) is 0 Å². The highest BCUT2D eigenvalue weighted by Crippen LogP contribution is 2.27. The van der Waals surface area contributed by atoms with Crippen LogP contribution < -0.4 is 4.74 Å². The second-order valence-corrected chi connectivity index (χ2v) is 4.39. The second-order valence-electron chi connectivity index (χ2n) is 3.59. The third kappa shape index (κ3) is 2.02. The minimum atomic E-state index is 0.803. The van der Waals surface area contributed by atoms with Crippen LogP contribution in [0.2, 0.25) is 0 Å².